The maximum Gasteiger partial charge on any atom is 0.261 e. The molecule has 0 aromatic heterocycles. The minimum Gasteiger partial charge on any atom is -0.496 e. The van der Waals surface area contributed by atoms with Crippen LogP contribution in [-0.4, -0.2) is 55.8 Å². The Morgan fingerprint density at radius 1 is 1.07 bits per heavy atom. The summed E-state index contributed by atoms with van der Waals surface area (Å²) in [6.45, 7) is 7.56. The van der Waals surface area contributed by atoms with E-state index in [0.717, 1.165) is 38.4 Å². The highest BCUT2D eigenvalue weighted by atomic mass is 35.5. The number of anilines is 2. The third-order valence-corrected chi connectivity index (χ3v) is 5.09. The highest BCUT2D eigenvalue weighted by Gasteiger charge is 2.16. The molecule has 0 radical (unpaired) electrons. The van der Waals surface area contributed by atoms with E-state index in [1.807, 2.05) is 18.2 Å². The Kier molecular flexibility index (Phi) is 8.70. The molecule has 3 rings (SSSR count). The Bertz CT molecular complexity index is 824. The van der Waals surface area contributed by atoms with E-state index in [1.54, 1.807) is 18.2 Å². The van der Waals surface area contributed by atoms with Crippen molar-refractivity contribution in [2.45, 2.75) is 6.92 Å². The fourth-order valence-corrected chi connectivity index (χ4v) is 3.45. The minimum absolute atomic E-state index is 0. The van der Waals surface area contributed by atoms with Crippen LogP contribution < -0.4 is 20.3 Å². The van der Waals surface area contributed by atoms with Gasteiger partial charge in [0.05, 0.1) is 12.7 Å². The summed E-state index contributed by atoms with van der Waals surface area (Å²) in [4.78, 5) is 17.2. The van der Waals surface area contributed by atoms with E-state index < -0.39 is 0 Å². The van der Waals surface area contributed by atoms with Gasteiger partial charge >= 0.3 is 0 Å². The third-order valence-electron chi connectivity index (χ3n) is 4.89. The zero-order chi connectivity index (χ0) is 19.9. The highest BCUT2D eigenvalue weighted by Crippen LogP contribution is 2.20. The number of rotatable bonds is 5. The summed E-state index contributed by atoms with van der Waals surface area (Å²) in [5, 5.41) is 6.00. The van der Waals surface area contributed by atoms with Gasteiger partial charge in [-0.2, -0.15) is 0 Å². The van der Waals surface area contributed by atoms with Crippen LogP contribution in [0.3, 0.4) is 0 Å². The van der Waals surface area contributed by atoms with Crippen LogP contribution in [0.15, 0.2) is 48.5 Å². The second-order valence-corrected chi connectivity index (χ2v) is 6.98. The predicted octanol–water partition coefficient (Wildman–Crippen LogP) is 3.39. The van der Waals surface area contributed by atoms with Crippen molar-refractivity contribution in [1.82, 2.24) is 10.2 Å². The molecule has 29 heavy (non-hydrogen) atoms. The topological polar surface area (TPSA) is 56.8 Å². The zero-order valence-corrected chi connectivity index (χ0v) is 18.3. The predicted molar refractivity (Wildman–Crippen MR) is 125 cm³/mol. The number of carbonyl (C=O) groups excluding carboxylic acids is 1. The van der Waals surface area contributed by atoms with Crippen LogP contribution in [-0.2, 0) is 0 Å². The lowest BCUT2D eigenvalue weighted by Gasteiger charge is -2.35. The minimum atomic E-state index is -0.305. The van der Waals surface area contributed by atoms with Crippen molar-refractivity contribution in [3.05, 3.63) is 54.1 Å². The van der Waals surface area contributed by atoms with Crippen LogP contribution >= 0.6 is 24.6 Å². The number of likely N-dealkylation sites (N-methyl/N-ethyl adjacent to an activating group) is 1. The number of carbonyl (C=O) groups is 1. The fourth-order valence-electron chi connectivity index (χ4n) is 3.24. The van der Waals surface area contributed by atoms with Crippen molar-refractivity contribution in [3.8, 4) is 5.75 Å². The van der Waals surface area contributed by atoms with Crippen LogP contribution in [0.5, 0.6) is 5.75 Å². The summed E-state index contributed by atoms with van der Waals surface area (Å²) in [6.07, 6.45) is 0. The Balaban J connectivity index is 0.00000300. The first kappa shape index (κ1) is 22.9. The number of hydrogen-bond donors (Lipinski definition) is 2. The van der Waals surface area contributed by atoms with Gasteiger partial charge in [-0.1, -0.05) is 19.1 Å². The van der Waals surface area contributed by atoms with Crippen molar-refractivity contribution in [2.75, 3.05) is 50.1 Å². The molecule has 1 aliphatic heterocycles. The average molecular weight is 435 g/mol. The molecule has 0 saturated carbocycles. The van der Waals surface area contributed by atoms with Gasteiger partial charge in [-0.3, -0.25) is 10.1 Å². The van der Waals surface area contributed by atoms with E-state index in [0.29, 0.717) is 11.3 Å². The number of nitrogens with zero attached hydrogens (tertiary/aromatic N) is 2. The number of benzene rings is 2. The summed E-state index contributed by atoms with van der Waals surface area (Å²) in [6, 6.07) is 15.1. The number of methoxy groups -OCH3 is 1. The molecule has 1 aliphatic rings. The highest BCUT2D eigenvalue weighted by molar-refractivity contribution is 7.80. The Morgan fingerprint density at radius 3 is 2.34 bits per heavy atom. The van der Waals surface area contributed by atoms with Gasteiger partial charge in [-0.25, -0.2) is 0 Å². The number of para-hydroxylation sites is 1. The molecule has 1 heterocycles. The quantitative estimate of drug-likeness (QED) is 0.703. The maximum atomic E-state index is 12.4. The Morgan fingerprint density at radius 2 is 1.72 bits per heavy atom. The molecule has 1 amide bonds. The number of nitrogens with one attached hydrogen (secondary N) is 2. The summed E-state index contributed by atoms with van der Waals surface area (Å²) in [5.74, 6) is 0.204. The summed E-state index contributed by atoms with van der Waals surface area (Å²) >= 11 is 5.28. The van der Waals surface area contributed by atoms with Gasteiger partial charge in [-0.05, 0) is 55.2 Å². The van der Waals surface area contributed by atoms with Crippen LogP contribution in [0, 0.1) is 0 Å². The van der Waals surface area contributed by atoms with Gasteiger partial charge in [0, 0.05) is 37.6 Å². The molecular formula is C21H27ClN4O2S. The number of ether oxygens (including phenoxy) is 1. The normalized spacial score (nSPS) is 13.9. The molecule has 0 bridgehead atoms. The fraction of sp³-hybridized carbons (Fsp3) is 0.333. The van der Waals surface area contributed by atoms with E-state index in [2.05, 4.69) is 39.5 Å². The van der Waals surface area contributed by atoms with Crippen molar-refractivity contribution in [1.29, 1.82) is 0 Å². The molecule has 156 valence electrons. The SMILES string of the molecule is CCN1CCN(c2ccc(NC(=S)NC(=O)c3ccccc3OC)cc2)CC1.Cl. The Labute approximate surface area is 183 Å². The van der Waals surface area contributed by atoms with Gasteiger partial charge in [0.2, 0.25) is 0 Å². The maximum absolute atomic E-state index is 12.4. The van der Waals surface area contributed by atoms with Gasteiger partial charge < -0.3 is 19.9 Å². The van der Waals surface area contributed by atoms with Crippen molar-refractivity contribution in [2.24, 2.45) is 0 Å². The largest absolute Gasteiger partial charge is 0.496 e. The number of halogens is 1. The first-order chi connectivity index (χ1) is 13.6. The standard InChI is InChI=1S/C21H26N4O2S.ClH/c1-3-24-12-14-25(15-13-24)17-10-8-16(9-11-17)22-21(28)23-20(26)18-6-4-5-7-19(18)27-2;/h4-11H,3,12-15H2,1-2H3,(H2,22,23,26,28);1H. The van der Waals surface area contributed by atoms with Crippen LogP contribution in [0.25, 0.3) is 0 Å². The number of hydrogen-bond acceptors (Lipinski definition) is 5. The van der Waals surface area contributed by atoms with E-state index in [1.165, 1.54) is 12.8 Å². The van der Waals surface area contributed by atoms with Gasteiger partial charge in [0.25, 0.3) is 5.91 Å². The molecule has 2 aromatic rings. The first-order valence-corrected chi connectivity index (χ1v) is 9.84. The summed E-state index contributed by atoms with van der Waals surface area (Å²) < 4.78 is 5.22. The van der Waals surface area contributed by atoms with Crippen molar-refractivity contribution in [3.63, 3.8) is 0 Å². The molecule has 1 fully saturated rings. The lowest BCUT2D eigenvalue weighted by atomic mass is 10.2. The van der Waals surface area contributed by atoms with Crippen LogP contribution in [0.1, 0.15) is 17.3 Å². The second kappa shape index (κ2) is 11.0. The molecule has 0 unspecified atom stereocenters. The zero-order valence-electron chi connectivity index (χ0n) is 16.7. The van der Waals surface area contributed by atoms with Crippen molar-refractivity contribution >= 4 is 47.0 Å². The Hall–Kier alpha value is -2.35. The molecule has 0 atom stereocenters. The molecule has 2 N–H and O–H groups in total. The molecule has 0 spiro atoms. The molecular weight excluding hydrogens is 408 g/mol. The summed E-state index contributed by atoms with van der Waals surface area (Å²) in [5.41, 5.74) is 2.47. The molecule has 0 aliphatic carbocycles. The lowest BCUT2D eigenvalue weighted by molar-refractivity contribution is 0.0975. The van der Waals surface area contributed by atoms with E-state index >= 15 is 0 Å². The van der Waals surface area contributed by atoms with Crippen LogP contribution in [0.2, 0.25) is 0 Å². The average Bonchev–Trinajstić information content (AvgIpc) is 2.74. The van der Waals surface area contributed by atoms with E-state index in [-0.39, 0.29) is 23.4 Å². The van der Waals surface area contributed by atoms with Gasteiger partial charge in [0.1, 0.15) is 5.75 Å². The smallest absolute Gasteiger partial charge is 0.261 e. The van der Waals surface area contributed by atoms with Gasteiger partial charge in [-0.15, -0.1) is 12.4 Å². The molecule has 1 saturated heterocycles. The monoisotopic (exact) mass is 434 g/mol. The van der Waals surface area contributed by atoms with E-state index in [9.17, 15) is 4.79 Å². The molecule has 6 nitrogen and oxygen atoms in total. The lowest BCUT2D eigenvalue weighted by Crippen LogP contribution is -2.46. The number of piperazine rings is 1. The third kappa shape index (κ3) is 6.06. The van der Waals surface area contributed by atoms with Crippen LogP contribution in [0.4, 0.5) is 11.4 Å². The number of amides is 1. The van der Waals surface area contributed by atoms with Crippen molar-refractivity contribution < 1.29 is 9.53 Å². The molecule has 2 aromatic carbocycles. The van der Waals surface area contributed by atoms with E-state index in [4.69, 9.17) is 17.0 Å². The first-order valence-electron chi connectivity index (χ1n) is 9.43. The number of thiocarbonyl (C=S) groups is 1. The summed E-state index contributed by atoms with van der Waals surface area (Å²) in [7, 11) is 1.53. The van der Waals surface area contributed by atoms with Gasteiger partial charge in [0.15, 0.2) is 5.11 Å². The molecule has 8 heteroatoms. The second-order valence-electron chi connectivity index (χ2n) is 6.58.